The Hall–Kier alpha value is -1.29. The SMILES string of the molecule is O=C(c1c(F)cccc1F)C1CCCNC1. The molecule has 0 saturated carbocycles. The van der Waals surface area contributed by atoms with E-state index in [0.717, 1.165) is 25.1 Å². The third kappa shape index (κ3) is 2.11. The van der Waals surface area contributed by atoms with Crippen LogP contribution in [0.5, 0.6) is 0 Å². The minimum absolute atomic E-state index is 0.305. The molecule has 16 heavy (non-hydrogen) atoms. The van der Waals surface area contributed by atoms with Crippen LogP contribution in [0.15, 0.2) is 18.2 Å². The molecule has 1 aromatic rings. The van der Waals surface area contributed by atoms with Gasteiger partial charge in [0, 0.05) is 12.5 Å². The Kier molecular flexibility index (Phi) is 3.29. The Morgan fingerprint density at radius 1 is 1.31 bits per heavy atom. The smallest absolute Gasteiger partial charge is 0.173 e. The molecule has 0 amide bonds. The summed E-state index contributed by atoms with van der Waals surface area (Å²) >= 11 is 0. The van der Waals surface area contributed by atoms with E-state index in [4.69, 9.17) is 0 Å². The molecule has 1 aliphatic heterocycles. The Morgan fingerprint density at radius 2 is 2.00 bits per heavy atom. The molecule has 2 nitrogen and oxygen atoms in total. The first-order valence-electron chi connectivity index (χ1n) is 5.39. The van der Waals surface area contributed by atoms with E-state index in [9.17, 15) is 13.6 Å². The van der Waals surface area contributed by atoms with Gasteiger partial charge >= 0.3 is 0 Å². The highest BCUT2D eigenvalue weighted by Gasteiger charge is 2.26. The molecule has 1 heterocycles. The molecule has 0 aliphatic carbocycles. The Bertz CT molecular complexity index is 380. The van der Waals surface area contributed by atoms with Crippen LogP contribution >= 0.6 is 0 Å². The number of ketones is 1. The van der Waals surface area contributed by atoms with Crippen molar-refractivity contribution < 1.29 is 13.6 Å². The van der Waals surface area contributed by atoms with Crippen molar-refractivity contribution in [1.29, 1.82) is 0 Å². The lowest BCUT2D eigenvalue weighted by molar-refractivity contribution is 0.0891. The fraction of sp³-hybridized carbons (Fsp3) is 0.417. The molecule has 2 rings (SSSR count). The average Bonchev–Trinajstić information content (AvgIpc) is 2.30. The molecule has 0 aromatic heterocycles. The van der Waals surface area contributed by atoms with E-state index >= 15 is 0 Å². The third-order valence-electron chi connectivity index (χ3n) is 2.88. The lowest BCUT2D eigenvalue weighted by atomic mass is 9.90. The number of Topliss-reactive ketones (excluding diaryl/α,β-unsaturated/α-hetero) is 1. The molecule has 86 valence electrons. The largest absolute Gasteiger partial charge is 0.316 e. The van der Waals surface area contributed by atoms with Gasteiger partial charge in [-0.05, 0) is 31.5 Å². The van der Waals surface area contributed by atoms with Crippen molar-refractivity contribution in [2.45, 2.75) is 12.8 Å². The van der Waals surface area contributed by atoms with Crippen molar-refractivity contribution in [3.05, 3.63) is 35.4 Å². The van der Waals surface area contributed by atoms with Gasteiger partial charge in [-0.15, -0.1) is 0 Å². The molecule has 0 radical (unpaired) electrons. The van der Waals surface area contributed by atoms with Crippen molar-refractivity contribution in [1.82, 2.24) is 5.32 Å². The van der Waals surface area contributed by atoms with Crippen LogP contribution < -0.4 is 5.32 Å². The van der Waals surface area contributed by atoms with E-state index in [2.05, 4.69) is 5.32 Å². The summed E-state index contributed by atoms with van der Waals surface area (Å²) in [6.45, 7) is 1.37. The average molecular weight is 225 g/mol. The highest BCUT2D eigenvalue weighted by atomic mass is 19.1. The van der Waals surface area contributed by atoms with Gasteiger partial charge in [0.1, 0.15) is 11.6 Å². The monoisotopic (exact) mass is 225 g/mol. The minimum atomic E-state index is -0.768. The fourth-order valence-corrected chi connectivity index (χ4v) is 2.01. The van der Waals surface area contributed by atoms with Gasteiger partial charge in [0.25, 0.3) is 0 Å². The maximum atomic E-state index is 13.4. The Morgan fingerprint density at radius 3 is 2.56 bits per heavy atom. The van der Waals surface area contributed by atoms with E-state index in [0.29, 0.717) is 13.0 Å². The van der Waals surface area contributed by atoms with Crippen molar-refractivity contribution in [3.8, 4) is 0 Å². The van der Waals surface area contributed by atoms with E-state index in [-0.39, 0.29) is 5.92 Å². The van der Waals surface area contributed by atoms with Gasteiger partial charge in [-0.25, -0.2) is 8.78 Å². The predicted molar refractivity (Wildman–Crippen MR) is 56.3 cm³/mol. The van der Waals surface area contributed by atoms with Crippen LogP contribution in [-0.4, -0.2) is 18.9 Å². The maximum absolute atomic E-state index is 13.4. The predicted octanol–water partition coefficient (Wildman–Crippen LogP) is 2.15. The molecule has 0 bridgehead atoms. The maximum Gasteiger partial charge on any atom is 0.173 e. The number of rotatable bonds is 2. The second kappa shape index (κ2) is 4.70. The summed E-state index contributed by atoms with van der Waals surface area (Å²) < 4.78 is 26.7. The van der Waals surface area contributed by atoms with Crippen LogP contribution in [0.25, 0.3) is 0 Å². The lowest BCUT2D eigenvalue weighted by Crippen LogP contribution is -2.35. The van der Waals surface area contributed by atoms with Gasteiger partial charge in [0.2, 0.25) is 0 Å². The zero-order valence-electron chi connectivity index (χ0n) is 8.80. The number of benzene rings is 1. The van der Waals surface area contributed by atoms with Crippen molar-refractivity contribution in [3.63, 3.8) is 0 Å². The van der Waals surface area contributed by atoms with Gasteiger partial charge in [-0.3, -0.25) is 4.79 Å². The van der Waals surface area contributed by atoms with Crippen LogP contribution in [-0.2, 0) is 0 Å². The fourth-order valence-electron chi connectivity index (χ4n) is 2.01. The van der Waals surface area contributed by atoms with E-state index in [1.54, 1.807) is 0 Å². The molecular weight excluding hydrogens is 212 g/mol. The summed E-state index contributed by atoms with van der Waals surface area (Å²) in [5.74, 6) is -2.27. The molecular formula is C12H13F2NO. The van der Waals surface area contributed by atoms with Crippen molar-refractivity contribution >= 4 is 5.78 Å². The number of nitrogens with one attached hydrogen (secondary N) is 1. The minimum Gasteiger partial charge on any atom is -0.316 e. The normalized spacial score (nSPS) is 20.8. The first kappa shape index (κ1) is 11.2. The summed E-state index contributed by atoms with van der Waals surface area (Å²) in [4.78, 5) is 11.9. The number of hydrogen-bond acceptors (Lipinski definition) is 2. The molecule has 1 atom stereocenters. The van der Waals surface area contributed by atoms with Crippen molar-refractivity contribution in [2.75, 3.05) is 13.1 Å². The Labute approximate surface area is 92.7 Å². The molecule has 1 saturated heterocycles. The van der Waals surface area contributed by atoms with E-state index < -0.39 is 23.0 Å². The molecule has 1 fully saturated rings. The van der Waals surface area contributed by atoms with Crippen LogP contribution in [0, 0.1) is 17.6 Å². The van der Waals surface area contributed by atoms with E-state index in [1.807, 2.05) is 0 Å². The molecule has 1 unspecified atom stereocenters. The first-order chi connectivity index (χ1) is 7.70. The summed E-state index contributed by atoms with van der Waals surface area (Å²) in [7, 11) is 0. The van der Waals surface area contributed by atoms with Crippen LogP contribution in [0.4, 0.5) is 8.78 Å². The first-order valence-corrected chi connectivity index (χ1v) is 5.39. The zero-order valence-corrected chi connectivity index (χ0v) is 8.80. The highest BCUT2D eigenvalue weighted by molar-refractivity contribution is 5.98. The number of halogens is 2. The topological polar surface area (TPSA) is 29.1 Å². The van der Waals surface area contributed by atoms with E-state index in [1.165, 1.54) is 6.07 Å². The van der Waals surface area contributed by atoms with Crippen molar-refractivity contribution in [2.24, 2.45) is 5.92 Å². The number of carbonyl (C=O) groups is 1. The number of piperidine rings is 1. The molecule has 1 aliphatic rings. The van der Waals surface area contributed by atoms with Gasteiger partial charge in [0.05, 0.1) is 5.56 Å². The second-order valence-corrected chi connectivity index (χ2v) is 4.00. The summed E-state index contributed by atoms with van der Waals surface area (Å²) in [5.41, 5.74) is -0.392. The summed E-state index contributed by atoms with van der Waals surface area (Å²) in [5, 5.41) is 3.06. The van der Waals surface area contributed by atoms with Gasteiger partial charge in [-0.2, -0.15) is 0 Å². The lowest BCUT2D eigenvalue weighted by Gasteiger charge is -2.21. The third-order valence-corrected chi connectivity index (χ3v) is 2.88. The number of carbonyl (C=O) groups excluding carboxylic acids is 1. The van der Waals surface area contributed by atoms with Gasteiger partial charge in [-0.1, -0.05) is 6.07 Å². The van der Waals surface area contributed by atoms with Gasteiger partial charge in [0.15, 0.2) is 5.78 Å². The standard InChI is InChI=1S/C12H13F2NO/c13-9-4-1-5-10(14)11(9)12(16)8-3-2-6-15-7-8/h1,4-5,8,15H,2-3,6-7H2. The second-order valence-electron chi connectivity index (χ2n) is 4.00. The Balaban J connectivity index is 2.26. The van der Waals surface area contributed by atoms with Crippen LogP contribution in [0.2, 0.25) is 0 Å². The van der Waals surface area contributed by atoms with Gasteiger partial charge < -0.3 is 5.32 Å². The summed E-state index contributed by atoms with van der Waals surface area (Å²) in [6, 6.07) is 3.50. The molecule has 4 heteroatoms. The molecule has 0 spiro atoms. The quantitative estimate of drug-likeness (QED) is 0.781. The molecule has 1 N–H and O–H groups in total. The van der Waals surface area contributed by atoms with Crippen LogP contribution in [0.1, 0.15) is 23.2 Å². The molecule has 1 aromatic carbocycles. The zero-order chi connectivity index (χ0) is 11.5. The summed E-state index contributed by atoms with van der Waals surface area (Å²) in [6.07, 6.45) is 1.56. The highest BCUT2D eigenvalue weighted by Crippen LogP contribution is 2.20. The van der Waals surface area contributed by atoms with Crippen LogP contribution in [0.3, 0.4) is 0 Å². The number of hydrogen-bond donors (Lipinski definition) is 1.